The second kappa shape index (κ2) is 4.57. The van der Waals surface area contributed by atoms with E-state index in [0.717, 1.165) is 16.7 Å². The molecule has 0 radical (unpaired) electrons. The number of aryl methyl sites for hydroxylation is 1. The van der Waals surface area contributed by atoms with E-state index in [1.165, 1.54) is 0 Å². The van der Waals surface area contributed by atoms with Crippen molar-refractivity contribution >= 4 is 10.1 Å². The van der Waals surface area contributed by atoms with Crippen LogP contribution in [0.2, 0.25) is 0 Å². The molecular weight excluding hydrogens is 300 g/mol. The van der Waals surface area contributed by atoms with Gasteiger partial charge in [-0.15, -0.1) is 0 Å². The Bertz CT molecular complexity index is 857. The van der Waals surface area contributed by atoms with E-state index in [1.807, 2.05) is 49.4 Å². The first-order chi connectivity index (χ1) is 10.5. The zero-order chi connectivity index (χ0) is 15.4. The molecule has 4 nitrogen and oxygen atoms in total. The molecule has 2 aromatic rings. The van der Waals surface area contributed by atoms with Crippen LogP contribution in [-0.2, 0) is 19.9 Å². The summed E-state index contributed by atoms with van der Waals surface area (Å²) in [6.45, 7) is 1.98. The highest BCUT2D eigenvalue weighted by Crippen LogP contribution is 2.53. The molecule has 0 saturated carbocycles. The molecule has 2 heterocycles. The highest BCUT2D eigenvalue weighted by atomic mass is 32.2. The van der Waals surface area contributed by atoms with Gasteiger partial charge in [0.2, 0.25) is 0 Å². The van der Waals surface area contributed by atoms with Crippen molar-refractivity contribution in [3.05, 3.63) is 59.2 Å². The summed E-state index contributed by atoms with van der Waals surface area (Å²) < 4.78 is 36.0. The molecule has 4 rings (SSSR count). The molecule has 2 aliphatic rings. The molecule has 22 heavy (non-hydrogen) atoms. The summed E-state index contributed by atoms with van der Waals surface area (Å²) in [5.41, 5.74) is 1.68. The van der Waals surface area contributed by atoms with Crippen LogP contribution in [0.4, 0.5) is 0 Å². The normalized spacial score (nSPS) is 25.1. The average molecular weight is 316 g/mol. The zero-order valence-corrected chi connectivity index (χ0v) is 13.0. The van der Waals surface area contributed by atoms with Crippen molar-refractivity contribution in [2.75, 3.05) is 5.75 Å². The Morgan fingerprint density at radius 1 is 1.05 bits per heavy atom. The first-order valence-electron chi connectivity index (χ1n) is 7.32. The van der Waals surface area contributed by atoms with Crippen molar-refractivity contribution in [1.82, 2.24) is 0 Å². The van der Waals surface area contributed by atoms with E-state index < -0.39 is 15.7 Å². The molecule has 0 aromatic heterocycles. The lowest BCUT2D eigenvalue weighted by Crippen LogP contribution is -2.41. The summed E-state index contributed by atoms with van der Waals surface area (Å²) in [5.74, 6) is 1.41. The Labute approximate surface area is 129 Å². The highest BCUT2D eigenvalue weighted by molar-refractivity contribution is 7.86. The van der Waals surface area contributed by atoms with Crippen molar-refractivity contribution < 1.29 is 17.3 Å². The molecule has 0 bridgehead atoms. The van der Waals surface area contributed by atoms with Gasteiger partial charge < -0.3 is 4.74 Å². The molecule has 1 atom stereocenters. The average Bonchev–Trinajstić information content (AvgIpc) is 2.46. The second-order valence-corrected chi connectivity index (χ2v) is 7.56. The van der Waals surface area contributed by atoms with E-state index >= 15 is 0 Å². The summed E-state index contributed by atoms with van der Waals surface area (Å²) in [6, 6.07) is 13.3. The van der Waals surface area contributed by atoms with Crippen LogP contribution in [-0.4, -0.2) is 14.2 Å². The van der Waals surface area contributed by atoms with Crippen molar-refractivity contribution in [1.29, 1.82) is 0 Å². The third kappa shape index (κ3) is 1.96. The molecule has 1 saturated heterocycles. The van der Waals surface area contributed by atoms with Gasteiger partial charge in [0.05, 0.1) is 5.75 Å². The lowest BCUT2D eigenvalue weighted by Gasteiger charge is -2.41. The SMILES string of the molecule is Cc1ccc2c(c1)Oc1ccccc1C21CCCS(=O)(=O)O1. The van der Waals surface area contributed by atoms with E-state index in [-0.39, 0.29) is 5.75 Å². The van der Waals surface area contributed by atoms with E-state index in [4.69, 9.17) is 8.92 Å². The Hall–Kier alpha value is -1.85. The maximum atomic E-state index is 12.1. The minimum absolute atomic E-state index is 0.0684. The fourth-order valence-electron chi connectivity index (χ4n) is 3.36. The van der Waals surface area contributed by atoms with Crippen LogP contribution in [0.15, 0.2) is 42.5 Å². The van der Waals surface area contributed by atoms with Crippen molar-refractivity contribution in [2.45, 2.75) is 25.4 Å². The lowest BCUT2D eigenvalue weighted by molar-refractivity contribution is 0.0832. The third-order valence-electron chi connectivity index (χ3n) is 4.31. The predicted molar refractivity (Wildman–Crippen MR) is 82.6 cm³/mol. The van der Waals surface area contributed by atoms with Gasteiger partial charge >= 0.3 is 0 Å². The highest BCUT2D eigenvalue weighted by Gasteiger charge is 2.48. The second-order valence-electron chi connectivity index (χ2n) is 5.87. The number of ether oxygens (including phenoxy) is 1. The molecule has 2 aliphatic heterocycles. The molecule has 5 heteroatoms. The summed E-state index contributed by atoms with van der Waals surface area (Å²) in [5, 5.41) is 0. The molecule has 0 N–H and O–H groups in total. The summed E-state index contributed by atoms with van der Waals surface area (Å²) >= 11 is 0. The monoisotopic (exact) mass is 316 g/mol. The molecule has 0 aliphatic carbocycles. The van der Waals surface area contributed by atoms with E-state index in [9.17, 15) is 8.42 Å². The van der Waals surface area contributed by atoms with Gasteiger partial charge in [-0.25, -0.2) is 0 Å². The Morgan fingerprint density at radius 3 is 2.64 bits per heavy atom. The molecule has 114 valence electrons. The van der Waals surface area contributed by atoms with Gasteiger partial charge in [0.15, 0.2) is 0 Å². The van der Waals surface area contributed by atoms with Gasteiger partial charge in [-0.1, -0.05) is 30.3 Å². The van der Waals surface area contributed by atoms with E-state index in [2.05, 4.69) is 0 Å². The summed E-state index contributed by atoms with van der Waals surface area (Å²) in [6.07, 6.45) is 1.20. The van der Waals surface area contributed by atoms with Crippen LogP contribution in [0.3, 0.4) is 0 Å². The molecule has 0 amide bonds. The number of para-hydroxylation sites is 1. The summed E-state index contributed by atoms with van der Waals surface area (Å²) in [7, 11) is -3.54. The minimum atomic E-state index is -3.54. The van der Waals surface area contributed by atoms with Gasteiger partial charge in [-0.05, 0) is 37.5 Å². The van der Waals surface area contributed by atoms with Gasteiger partial charge in [-0.3, -0.25) is 4.18 Å². The Kier molecular flexibility index (Phi) is 2.86. The lowest BCUT2D eigenvalue weighted by atomic mass is 9.80. The van der Waals surface area contributed by atoms with Crippen LogP contribution in [0.5, 0.6) is 11.5 Å². The molecule has 1 fully saturated rings. The number of benzene rings is 2. The Balaban J connectivity index is 2.01. The predicted octanol–water partition coefficient (Wildman–Crippen LogP) is 3.48. The Morgan fingerprint density at radius 2 is 1.82 bits per heavy atom. The third-order valence-corrected chi connectivity index (χ3v) is 5.63. The molecule has 1 unspecified atom stereocenters. The van der Waals surface area contributed by atoms with Crippen LogP contribution in [0.25, 0.3) is 0 Å². The standard InChI is InChI=1S/C17H16O4S/c1-12-7-8-14-16(11-12)20-15-6-3-2-5-13(15)17(14)9-4-10-22(18,19)21-17/h2-3,5-8,11H,4,9-10H2,1H3. The number of fused-ring (bicyclic) bond motifs is 4. The number of rotatable bonds is 0. The van der Waals surface area contributed by atoms with Crippen LogP contribution < -0.4 is 4.74 Å². The fourth-order valence-corrected chi connectivity index (χ4v) is 4.64. The molecule has 2 aromatic carbocycles. The quantitative estimate of drug-likeness (QED) is 0.698. The molecule has 1 spiro atoms. The van der Waals surface area contributed by atoms with E-state index in [1.54, 1.807) is 0 Å². The topological polar surface area (TPSA) is 52.6 Å². The summed E-state index contributed by atoms with van der Waals surface area (Å²) in [4.78, 5) is 0. The largest absolute Gasteiger partial charge is 0.457 e. The zero-order valence-electron chi connectivity index (χ0n) is 12.2. The van der Waals surface area contributed by atoms with Gasteiger partial charge in [0.1, 0.15) is 17.1 Å². The van der Waals surface area contributed by atoms with Crippen molar-refractivity contribution in [3.8, 4) is 11.5 Å². The van der Waals surface area contributed by atoms with Crippen molar-refractivity contribution in [3.63, 3.8) is 0 Å². The van der Waals surface area contributed by atoms with Crippen LogP contribution in [0, 0.1) is 6.92 Å². The van der Waals surface area contributed by atoms with Crippen LogP contribution in [0.1, 0.15) is 29.5 Å². The molecular formula is C17H16O4S. The van der Waals surface area contributed by atoms with Gasteiger partial charge in [0, 0.05) is 11.1 Å². The fraction of sp³-hybridized carbons (Fsp3) is 0.294. The number of hydrogen-bond acceptors (Lipinski definition) is 4. The smallest absolute Gasteiger partial charge is 0.268 e. The first-order valence-corrected chi connectivity index (χ1v) is 8.90. The van der Waals surface area contributed by atoms with Gasteiger partial charge in [-0.2, -0.15) is 8.42 Å². The maximum absolute atomic E-state index is 12.1. The van der Waals surface area contributed by atoms with Crippen LogP contribution >= 0.6 is 0 Å². The van der Waals surface area contributed by atoms with Gasteiger partial charge in [0.25, 0.3) is 10.1 Å². The number of hydrogen-bond donors (Lipinski definition) is 0. The minimum Gasteiger partial charge on any atom is -0.457 e. The maximum Gasteiger partial charge on any atom is 0.268 e. The first kappa shape index (κ1) is 13.8. The van der Waals surface area contributed by atoms with Crippen molar-refractivity contribution in [2.24, 2.45) is 0 Å². The van der Waals surface area contributed by atoms with E-state index in [0.29, 0.717) is 24.3 Å².